The molecule has 0 aliphatic carbocycles. The maximum Gasteiger partial charge on any atom is 0.251 e. The van der Waals surface area contributed by atoms with Crippen molar-refractivity contribution in [1.82, 2.24) is 5.32 Å². The number of aliphatic hydroxyl groups excluding tert-OH is 3. The zero-order chi connectivity index (χ0) is 39.0. The number of aryl methyl sites for hydroxylation is 1. The van der Waals surface area contributed by atoms with Crippen molar-refractivity contribution >= 4 is 12.0 Å². The first-order valence-electron chi connectivity index (χ1n) is 19.7. The summed E-state index contributed by atoms with van der Waals surface area (Å²) in [4.78, 5) is 18.6. The van der Waals surface area contributed by atoms with Crippen LogP contribution in [0.4, 0.5) is 0 Å². The number of ketones is 1. The molecule has 7 N–H and O–H groups in total. The minimum Gasteiger partial charge on any atom is -0.437 e. The molecule has 10 nitrogen and oxygen atoms in total. The minimum atomic E-state index is -1.05. The number of aliphatic hydroxyl groups is 3. The van der Waals surface area contributed by atoms with Crippen LogP contribution in [0.3, 0.4) is 0 Å². The van der Waals surface area contributed by atoms with Crippen LogP contribution in [0.25, 0.3) is 0 Å². The van der Waals surface area contributed by atoms with Crippen LogP contribution in [0.1, 0.15) is 85.5 Å². The van der Waals surface area contributed by atoms with E-state index < -0.39 is 30.5 Å². The van der Waals surface area contributed by atoms with Gasteiger partial charge in [-0.2, -0.15) is 0 Å². The second kappa shape index (κ2) is 18.3. The first-order valence-corrected chi connectivity index (χ1v) is 19.7. The molecule has 2 bridgehead atoms. The number of carbonyl (C=O) groups is 1. The molecule has 7 atom stereocenters. The monoisotopic (exact) mass is 755 g/mol. The van der Waals surface area contributed by atoms with Crippen LogP contribution in [-0.4, -0.2) is 58.8 Å². The van der Waals surface area contributed by atoms with E-state index in [-0.39, 0.29) is 31.2 Å². The van der Waals surface area contributed by atoms with Crippen molar-refractivity contribution in [2.75, 3.05) is 13.1 Å². The summed E-state index contributed by atoms with van der Waals surface area (Å²) in [6.07, 6.45) is 7.52. The third-order valence-corrected chi connectivity index (χ3v) is 10.9. The molecule has 4 aliphatic heterocycles. The van der Waals surface area contributed by atoms with Crippen LogP contribution in [0, 0.1) is 29.8 Å². The van der Waals surface area contributed by atoms with Gasteiger partial charge >= 0.3 is 0 Å². The lowest BCUT2D eigenvalue weighted by molar-refractivity contribution is -0.889. The lowest BCUT2D eigenvalue weighted by Gasteiger charge is -2.28. The van der Waals surface area contributed by atoms with Crippen LogP contribution >= 0.6 is 0 Å². The van der Waals surface area contributed by atoms with E-state index in [1.54, 1.807) is 6.07 Å². The Balaban J connectivity index is 1.11. The van der Waals surface area contributed by atoms with E-state index in [4.69, 9.17) is 20.2 Å². The number of carbonyl (C=O) groups excluding carboxylic acids is 1. The van der Waals surface area contributed by atoms with Gasteiger partial charge < -0.3 is 30.5 Å². The van der Waals surface area contributed by atoms with Gasteiger partial charge in [0, 0.05) is 37.6 Å². The van der Waals surface area contributed by atoms with E-state index in [9.17, 15) is 20.1 Å². The van der Waals surface area contributed by atoms with Crippen LogP contribution in [0.15, 0.2) is 94.8 Å². The third kappa shape index (κ3) is 9.66. The summed E-state index contributed by atoms with van der Waals surface area (Å²) in [5.41, 5.74) is 14.5. The summed E-state index contributed by atoms with van der Waals surface area (Å²) in [6, 6.07) is 21.8. The van der Waals surface area contributed by atoms with E-state index in [1.807, 2.05) is 55.6 Å². The first kappa shape index (κ1) is 39.2. The molecule has 0 radical (unpaired) electrons. The van der Waals surface area contributed by atoms with Crippen LogP contribution in [0.2, 0.25) is 0 Å². The number of hydrogen-bond acceptors (Lipinski definition) is 9. The van der Waals surface area contributed by atoms with Crippen molar-refractivity contribution in [2.24, 2.45) is 16.6 Å². The van der Waals surface area contributed by atoms with E-state index in [0.29, 0.717) is 43.7 Å². The van der Waals surface area contributed by atoms with Crippen LogP contribution in [0.5, 0.6) is 11.5 Å². The van der Waals surface area contributed by atoms with Crippen LogP contribution in [-0.2, 0) is 24.1 Å². The Kier molecular flexibility index (Phi) is 12.8. The number of nitrogens with two attached hydrogens (primary N) is 1. The van der Waals surface area contributed by atoms with Crippen molar-refractivity contribution < 1.29 is 34.5 Å². The second-order valence-corrected chi connectivity index (χ2v) is 15.1. The van der Waals surface area contributed by atoms with Crippen LogP contribution < -0.4 is 25.4 Å². The number of Topliss-reactive ketones (excluding diaryl/α,β-unsaturated/α-hetero) is 1. The average Bonchev–Trinajstić information content (AvgIpc) is 3.79. The fourth-order valence-electron chi connectivity index (χ4n) is 7.82. The van der Waals surface area contributed by atoms with Gasteiger partial charge in [0.05, 0.1) is 18.4 Å². The molecule has 7 rings (SSSR count). The van der Waals surface area contributed by atoms with Crippen molar-refractivity contribution in [2.45, 2.75) is 95.4 Å². The highest BCUT2D eigenvalue weighted by molar-refractivity contribution is 5.87. The van der Waals surface area contributed by atoms with E-state index in [1.165, 1.54) is 5.56 Å². The van der Waals surface area contributed by atoms with Gasteiger partial charge in [-0.05, 0) is 77.6 Å². The molecule has 7 unspecified atom stereocenters. The molecule has 0 saturated heterocycles. The van der Waals surface area contributed by atoms with Gasteiger partial charge in [0.1, 0.15) is 42.4 Å². The van der Waals surface area contributed by atoms with E-state index in [0.717, 1.165) is 63.4 Å². The number of aliphatic imine (C=N–C) groups is 1. The molecule has 0 fully saturated rings. The number of fused-ring (bicyclic) bond motifs is 5. The molecule has 0 aromatic heterocycles. The SMILES string of the molecule is CCCC(O)CC(O)CC(=O)CCc1ccc2c(c1)OC1C(C#CC(O)c3ccc(C(N)NCCc4ccccc4)cc3CC3=C4C[NH+]1C=C4N=C3)CC#CO2. The van der Waals surface area contributed by atoms with Crippen molar-refractivity contribution in [3.05, 3.63) is 118 Å². The van der Waals surface area contributed by atoms with Gasteiger partial charge in [0.25, 0.3) is 6.23 Å². The van der Waals surface area contributed by atoms with Crippen molar-refractivity contribution in [1.29, 1.82) is 0 Å². The molecular weight excluding hydrogens is 705 g/mol. The number of nitrogens with one attached hydrogen (secondary N) is 2. The Morgan fingerprint density at radius 2 is 1.89 bits per heavy atom. The molecular formula is C46H51N4O6+. The molecule has 4 heterocycles. The Hall–Kier alpha value is -5.04. The van der Waals surface area contributed by atoms with E-state index >= 15 is 0 Å². The fraction of sp³-hybridized carbons (Fsp3) is 0.391. The maximum atomic E-state index is 12.8. The normalized spacial score (nSPS) is 22.2. The molecule has 0 amide bonds. The lowest BCUT2D eigenvalue weighted by atomic mass is 9.92. The predicted octanol–water partition coefficient (Wildman–Crippen LogP) is 3.76. The highest BCUT2D eigenvalue weighted by Gasteiger charge is 2.40. The quantitative estimate of drug-likeness (QED) is 0.108. The zero-order valence-corrected chi connectivity index (χ0v) is 31.8. The van der Waals surface area contributed by atoms with Gasteiger partial charge in [-0.3, -0.25) is 20.0 Å². The summed E-state index contributed by atoms with van der Waals surface area (Å²) in [5.74, 6) is 10.1. The number of ether oxygens (including phenoxy) is 2. The molecule has 4 aliphatic rings. The van der Waals surface area contributed by atoms with Gasteiger partial charge in [0.15, 0.2) is 11.5 Å². The minimum absolute atomic E-state index is 0.00801. The standard InChI is InChI=1S/C46H50N4O6/c1-2-7-36(51)25-38(53)26-37(52)15-11-31-12-18-43-44(22-31)56-46-32(10-6-21-55-43)14-17-42(54)39-16-13-33(45(47)48-20-19-30-8-4-3-5-9-30)23-34(39)24-35-27-49-41-29-50(46)28-40(35)41/h3-5,8-9,12-13,16,18,22-23,27,29,32,36,38,42,45-46,48,51,53-54H,2,7,10-11,15,19-20,24-26,28,47H2,1H3/p+1. The zero-order valence-electron chi connectivity index (χ0n) is 31.8. The summed E-state index contributed by atoms with van der Waals surface area (Å²) in [5, 5.41) is 35.4. The lowest BCUT2D eigenvalue weighted by Crippen LogP contribution is -3.12. The topological polar surface area (TPSA) is 151 Å². The Bertz CT molecular complexity index is 2120. The number of nitrogens with zero attached hydrogens (tertiary/aromatic N) is 1. The molecule has 3 aromatic rings. The fourth-order valence-corrected chi connectivity index (χ4v) is 7.82. The number of rotatable bonds is 14. The third-order valence-electron chi connectivity index (χ3n) is 10.9. The summed E-state index contributed by atoms with van der Waals surface area (Å²) in [7, 11) is 0. The highest BCUT2D eigenvalue weighted by atomic mass is 16.5. The maximum absolute atomic E-state index is 12.8. The number of quaternary nitrogens is 1. The molecule has 0 saturated carbocycles. The second-order valence-electron chi connectivity index (χ2n) is 15.1. The number of allylic oxidation sites excluding steroid dienone is 1. The molecule has 56 heavy (non-hydrogen) atoms. The molecule has 10 heteroatoms. The predicted molar refractivity (Wildman–Crippen MR) is 214 cm³/mol. The molecule has 0 spiro atoms. The number of benzene rings is 3. The number of hydrogen-bond donors (Lipinski definition) is 6. The van der Waals surface area contributed by atoms with Gasteiger partial charge in [-0.1, -0.05) is 85.7 Å². The molecule has 290 valence electrons. The first-order chi connectivity index (χ1) is 27.2. The van der Waals surface area contributed by atoms with Crippen molar-refractivity contribution in [3.63, 3.8) is 0 Å². The summed E-state index contributed by atoms with van der Waals surface area (Å²) >= 11 is 0. The largest absolute Gasteiger partial charge is 0.437 e. The Morgan fingerprint density at radius 3 is 2.73 bits per heavy atom. The summed E-state index contributed by atoms with van der Waals surface area (Å²) in [6.45, 7) is 3.34. The highest BCUT2D eigenvalue weighted by Crippen LogP contribution is 2.34. The van der Waals surface area contributed by atoms with E-state index in [2.05, 4.69) is 53.6 Å². The smallest absolute Gasteiger partial charge is 0.251 e. The summed E-state index contributed by atoms with van der Waals surface area (Å²) < 4.78 is 12.7. The molecule has 3 aromatic carbocycles. The van der Waals surface area contributed by atoms with Gasteiger partial charge in [0.2, 0.25) is 0 Å². The Morgan fingerprint density at radius 1 is 1.04 bits per heavy atom. The van der Waals surface area contributed by atoms with Gasteiger partial charge in [-0.25, -0.2) is 0 Å². The van der Waals surface area contributed by atoms with Gasteiger partial charge in [-0.15, -0.1) is 0 Å². The average molecular weight is 756 g/mol. The Labute approximate surface area is 329 Å². The van der Waals surface area contributed by atoms with Crippen molar-refractivity contribution in [3.8, 4) is 35.4 Å².